The van der Waals surface area contributed by atoms with Gasteiger partial charge in [0.15, 0.2) is 0 Å². The van der Waals surface area contributed by atoms with Crippen LogP contribution in [0, 0.1) is 12.8 Å². The fourth-order valence-corrected chi connectivity index (χ4v) is 3.56. The van der Waals surface area contributed by atoms with Crippen molar-refractivity contribution in [2.45, 2.75) is 32.2 Å². The maximum Gasteiger partial charge on any atom is 0.128 e. The zero-order chi connectivity index (χ0) is 12.8. The standard InChI is InChI=1S/C15H18N4/c1-10-14(11-5-7-16-8-6-11)18-19-13-4-2-3-12(13)9-17-15(10)19/h5-8,12-13,17H,2-4,9H2,1H3. The summed E-state index contributed by atoms with van der Waals surface area (Å²) in [5.74, 6) is 1.98. The number of hydrogen-bond donors (Lipinski definition) is 1. The summed E-state index contributed by atoms with van der Waals surface area (Å²) in [6.07, 6.45) is 7.61. The Morgan fingerprint density at radius 1 is 1.26 bits per heavy atom. The van der Waals surface area contributed by atoms with E-state index in [-0.39, 0.29) is 0 Å². The third kappa shape index (κ3) is 1.59. The molecule has 3 heterocycles. The molecule has 1 N–H and O–H groups in total. The van der Waals surface area contributed by atoms with Crippen LogP contribution in [0.15, 0.2) is 24.5 Å². The minimum atomic E-state index is 0.602. The van der Waals surface area contributed by atoms with E-state index in [0.29, 0.717) is 6.04 Å². The molecule has 19 heavy (non-hydrogen) atoms. The zero-order valence-electron chi connectivity index (χ0n) is 11.1. The first-order valence-electron chi connectivity index (χ1n) is 7.08. The summed E-state index contributed by atoms with van der Waals surface area (Å²) in [7, 11) is 0. The van der Waals surface area contributed by atoms with Gasteiger partial charge in [0.05, 0.1) is 11.7 Å². The van der Waals surface area contributed by atoms with Crippen LogP contribution in [-0.4, -0.2) is 21.3 Å². The fourth-order valence-electron chi connectivity index (χ4n) is 3.56. The zero-order valence-corrected chi connectivity index (χ0v) is 11.1. The van der Waals surface area contributed by atoms with Gasteiger partial charge in [0.2, 0.25) is 0 Å². The van der Waals surface area contributed by atoms with Crippen molar-refractivity contribution in [3.8, 4) is 11.3 Å². The normalized spacial score (nSPS) is 24.7. The van der Waals surface area contributed by atoms with E-state index in [0.717, 1.165) is 23.7 Å². The summed E-state index contributed by atoms with van der Waals surface area (Å²) in [6.45, 7) is 3.27. The van der Waals surface area contributed by atoms with E-state index >= 15 is 0 Å². The maximum atomic E-state index is 4.89. The quantitative estimate of drug-likeness (QED) is 0.850. The molecule has 4 rings (SSSR count). The number of nitrogens with zero attached hydrogens (tertiary/aromatic N) is 3. The number of aromatic nitrogens is 3. The Kier molecular flexibility index (Phi) is 2.37. The van der Waals surface area contributed by atoms with Crippen molar-refractivity contribution in [1.82, 2.24) is 14.8 Å². The van der Waals surface area contributed by atoms with E-state index in [9.17, 15) is 0 Å². The minimum Gasteiger partial charge on any atom is -0.370 e. The van der Waals surface area contributed by atoms with Gasteiger partial charge in [-0.2, -0.15) is 5.10 Å². The lowest BCUT2D eigenvalue weighted by Gasteiger charge is -2.28. The van der Waals surface area contributed by atoms with Crippen molar-refractivity contribution in [1.29, 1.82) is 0 Å². The fraction of sp³-hybridized carbons (Fsp3) is 0.467. The number of anilines is 1. The Bertz CT molecular complexity index is 602. The van der Waals surface area contributed by atoms with Crippen LogP contribution < -0.4 is 5.32 Å². The van der Waals surface area contributed by atoms with Crippen molar-refractivity contribution in [3.63, 3.8) is 0 Å². The van der Waals surface area contributed by atoms with Gasteiger partial charge < -0.3 is 5.32 Å². The molecule has 1 aliphatic carbocycles. The van der Waals surface area contributed by atoms with Gasteiger partial charge in [-0.05, 0) is 37.8 Å². The topological polar surface area (TPSA) is 42.7 Å². The Balaban J connectivity index is 1.84. The molecular formula is C15H18N4. The number of pyridine rings is 1. The molecule has 0 bridgehead atoms. The Morgan fingerprint density at radius 3 is 2.95 bits per heavy atom. The Labute approximate surface area is 112 Å². The van der Waals surface area contributed by atoms with Crippen LogP contribution in [0.5, 0.6) is 0 Å². The first-order chi connectivity index (χ1) is 9.34. The molecule has 98 valence electrons. The summed E-state index contributed by atoms with van der Waals surface area (Å²) >= 11 is 0. The first-order valence-corrected chi connectivity index (χ1v) is 7.08. The highest BCUT2D eigenvalue weighted by Crippen LogP contribution is 2.42. The largest absolute Gasteiger partial charge is 0.370 e. The van der Waals surface area contributed by atoms with Gasteiger partial charge in [-0.3, -0.25) is 4.98 Å². The number of nitrogens with one attached hydrogen (secondary N) is 1. The van der Waals surface area contributed by atoms with E-state index in [1.807, 2.05) is 24.5 Å². The average Bonchev–Trinajstić information content (AvgIpc) is 3.04. The van der Waals surface area contributed by atoms with Gasteiger partial charge in [-0.25, -0.2) is 4.68 Å². The molecule has 1 saturated carbocycles. The minimum absolute atomic E-state index is 0.602. The van der Waals surface area contributed by atoms with Crippen LogP contribution in [0.25, 0.3) is 11.3 Å². The third-order valence-corrected chi connectivity index (χ3v) is 4.57. The van der Waals surface area contributed by atoms with Crippen LogP contribution in [-0.2, 0) is 0 Å². The van der Waals surface area contributed by atoms with Crippen molar-refractivity contribution >= 4 is 5.82 Å². The molecule has 1 aliphatic heterocycles. The summed E-state index contributed by atoms with van der Waals surface area (Å²) in [6, 6.07) is 4.67. The molecule has 2 aromatic heterocycles. The highest BCUT2D eigenvalue weighted by Gasteiger charge is 2.35. The van der Waals surface area contributed by atoms with Crippen molar-refractivity contribution < 1.29 is 0 Å². The van der Waals surface area contributed by atoms with E-state index < -0.39 is 0 Å². The highest BCUT2D eigenvalue weighted by molar-refractivity contribution is 5.69. The van der Waals surface area contributed by atoms with Crippen molar-refractivity contribution in [2.24, 2.45) is 5.92 Å². The number of fused-ring (bicyclic) bond motifs is 3. The van der Waals surface area contributed by atoms with Crippen LogP contribution >= 0.6 is 0 Å². The second kappa shape index (κ2) is 4.08. The molecule has 0 radical (unpaired) electrons. The smallest absolute Gasteiger partial charge is 0.128 e. The molecule has 2 aromatic rings. The maximum absolute atomic E-state index is 4.89. The summed E-state index contributed by atoms with van der Waals surface area (Å²) in [5, 5.41) is 8.47. The molecule has 0 aromatic carbocycles. The number of rotatable bonds is 1. The molecular weight excluding hydrogens is 236 g/mol. The van der Waals surface area contributed by atoms with Crippen molar-refractivity contribution in [3.05, 3.63) is 30.1 Å². The summed E-state index contributed by atoms with van der Waals surface area (Å²) < 4.78 is 2.24. The van der Waals surface area contributed by atoms with Crippen LogP contribution in [0.1, 0.15) is 30.9 Å². The molecule has 2 unspecified atom stereocenters. The lowest BCUT2D eigenvalue weighted by Crippen LogP contribution is -2.29. The van der Waals surface area contributed by atoms with E-state index in [2.05, 4.69) is 21.9 Å². The van der Waals surface area contributed by atoms with Gasteiger partial charge in [-0.1, -0.05) is 6.42 Å². The van der Waals surface area contributed by atoms with Gasteiger partial charge in [-0.15, -0.1) is 0 Å². The lowest BCUT2D eigenvalue weighted by atomic mass is 10.0. The van der Waals surface area contributed by atoms with E-state index in [1.54, 1.807) is 0 Å². The van der Waals surface area contributed by atoms with E-state index in [4.69, 9.17) is 5.10 Å². The van der Waals surface area contributed by atoms with Crippen LogP contribution in [0.2, 0.25) is 0 Å². The SMILES string of the molecule is Cc1c(-c2ccncc2)nn2c1NCC1CCCC12. The van der Waals surface area contributed by atoms with Gasteiger partial charge in [0, 0.05) is 30.1 Å². The molecule has 0 spiro atoms. The summed E-state index contributed by atoms with van der Waals surface area (Å²) in [5.41, 5.74) is 3.51. The molecule has 4 nitrogen and oxygen atoms in total. The molecule has 4 heteroatoms. The average molecular weight is 254 g/mol. The van der Waals surface area contributed by atoms with Gasteiger partial charge in [0.25, 0.3) is 0 Å². The second-order valence-corrected chi connectivity index (χ2v) is 5.64. The first kappa shape index (κ1) is 11.0. The Morgan fingerprint density at radius 2 is 2.11 bits per heavy atom. The second-order valence-electron chi connectivity index (χ2n) is 5.64. The van der Waals surface area contributed by atoms with Gasteiger partial charge >= 0.3 is 0 Å². The highest BCUT2D eigenvalue weighted by atomic mass is 15.4. The summed E-state index contributed by atoms with van der Waals surface area (Å²) in [4.78, 5) is 4.09. The molecule has 0 amide bonds. The lowest BCUT2D eigenvalue weighted by molar-refractivity contribution is 0.348. The van der Waals surface area contributed by atoms with Crippen LogP contribution in [0.3, 0.4) is 0 Å². The predicted molar refractivity (Wildman–Crippen MR) is 75.1 cm³/mol. The Hall–Kier alpha value is -1.84. The van der Waals surface area contributed by atoms with Gasteiger partial charge in [0.1, 0.15) is 5.82 Å². The number of hydrogen-bond acceptors (Lipinski definition) is 3. The van der Waals surface area contributed by atoms with Crippen molar-refractivity contribution in [2.75, 3.05) is 11.9 Å². The van der Waals surface area contributed by atoms with E-state index in [1.165, 1.54) is 30.6 Å². The molecule has 1 fully saturated rings. The molecule has 0 saturated heterocycles. The van der Waals surface area contributed by atoms with Crippen LogP contribution in [0.4, 0.5) is 5.82 Å². The molecule has 2 aliphatic rings. The monoisotopic (exact) mass is 254 g/mol. The molecule has 2 atom stereocenters. The predicted octanol–water partition coefficient (Wildman–Crippen LogP) is 3.02. The third-order valence-electron chi connectivity index (χ3n) is 4.57.